The van der Waals surface area contributed by atoms with Crippen molar-refractivity contribution in [2.45, 2.75) is 24.8 Å². The summed E-state index contributed by atoms with van der Waals surface area (Å²) in [6.07, 6.45) is 3.94. The number of nitrogens with zero attached hydrogens (tertiary/aromatic N) is 4. The van der Waals surface area contributed by atoms with E-state index in [9.17, 15) is 0 Å². The van der Waals surface area contributed by atoms with Crippen molar-refractivity contribution < 1.29 is 0 Å². The first-order valence-corrected chi connectivity index (χ1v) is 9.07. The number of hydrogen-bond donors (Lipinski definition) is 0. The molecule has 25 heavy (non-hydrogen) atoms. The second-order valence-corrected chi connectivity index (χ2v) is 6.60. The predicted molar refractivity (Wildman–Crippen MR) is 105 cm³/mol. The number of rotatable bonds is 6. The van der Waals surface area contributed by atoms with E-state index in [-0.39, 0.29) is 0 Å². The number of hydrogen-bond acceptors (Lipinski definition) is 4. The Morgan fingerprint density at radius 2 is 1.72 bits per heavy atom. The maximum atomic E-state index is 4.55. The van der Waals surface area contributed by atoms with Gasteiger partial charge in [-0.3, -0.25) is 0 Å². The van der Waals surface area contributed by atoms with E-state index in [2.05, 4.69) is 45.6 Å². The zero-order valence-corrected chi connectivity index (χ0v) is 15.1. The monoisotopic (exact) mass is 348 g/mol. The van der Waals surface area contributed by atoms with Crippen molar-refractivity contribution in [2.24, 2.45) is 5.10 Å². The third kappa shape index (κ3) is 4.90. The molecule has 0 radical (unpaired) electrons. The fourth-order valence-corrected chi connectivity index (χ4v) is 3.17. The highest BCUT2D eigenvalue weighted by Crippen LogP contribution is 2.21. The lowest BCUT2D eigenvalue weighted by molar-refractivity contribution is 0.744. The standard InChI is InChI=1S/C20H20N4S/c1-16(13-18-9-5-3-6-10-18)14-21-24-17(2)22-23-20(24)25-15-19-11-7-4-8-12-19/h3-14H,15H2,1-2H3/b16-13-,21-14+. The van der Waals surface area contributed by atoms with Gasteiger partial charge in [0, 0.05) is 5.75 Å². The number of aromatic nitrogens is 3. The van der Waals surface area contributed by atoms with E-state index >= 15 is 0 Å². The zero-order valence-electron chi connectivity index (χ0n) is 14.3. The van der Waals surface area contributed by atoms with Crippen LogP contribution in [0.3, 0.4) is 0 Å². The molecule has 0 saturated heterocycles. The van der Waals surface area contributed by atoms with Gasteiger partial charge in [-0.05, 0) is 30.5 Å². The van der Waals surface area contributed by atoms with Crippen LogP contribution in [0.15, 0.2) is 76.5 Å². The first-order chi connectivity index (χ1) is 12.2. The third-order valence-corrected chi connectivity index (χ3v) is 4.54. The van der Waals surface area contributed by atoms with Crippen LogP contribution in [-0.4, -0.2) is 21.1 Å². The van der Waals surface area contributed by atoms with Crippen LogP contribution < -0.4 is 0 Å². The Kier molecular flexibility index (Phi) is 5.80. The average molecular weight is 348 g/mol. The normalized spacial score (nSPS) is 12.0. The van der Waals surface area contributed by atoms with Gasteiger partial charge in [-0.15, -0.1) is 10.2 Å². The van der Waals surface area contributed by atoms with Crippen LogP contribution in [0, 0.1) is 6.92 Å². The van der Waals surface area contributed by atoms with Crippen LogP contribution in [0.2, 0.25) is 0 Å². The molecular formula is C20H20N4S. The molecule has 0 N–H and O–H groups in total. The summed E-state index contributed by atoms with van der Waals surface area (Å²) < 4.78 is 1.79. The van der Waals surface area contributed by atoms with Gasteiger partial charge < -0.3 is 0 Å². The van der Waals surface area contributed by atoms with E-state index in [1.807, 2.05) is 56.5 Å². The van der Waals surface area contributed by atoms with E-state index in [0.29, 0.717) is 0 Å². The number of benzene rings is 2. The minimum absolute atomic E-state index is 0.777. The second kappa shape index (κ2) is 8.44. The third-order valence-electron chi connectivity index (χ3n) is 3.55. The van der Waals surface area contributed by atoms with Crippen molar-refractivity contribution in [3.8, 4) is 0 Å². The summed E-state index contributed by atoms with van der Waals surface area (Å²) in [5.41, 5.74) is 3.48. The smallest absolute Gasteiger partial charge is 0.192 e. The lowest BCUT2D eigenvalue weighted by Crippen LogP contribution is -1.96. The molecular weight excluding hydrogens is 328 g/mol. The van der Waals surface area contributed by atoms with Crippen LogP contribution in [0.1, 0.15) is 23.9 Å². The van der Waals surface area contributed by atoms with Crippen LogP contribution in [0.5, 0.6) is 0 Å². The summed E-state index contributed by atoms with van der Waals surface area (Å²) in [5, 5.41) is 13.7. The number of aryl methyl sites for hydroxylation is 1. The van der Waals surface area contributed by atoms with E-state index in [0.717, 1.165) is 27.9 Å². The van der Waals surface area contributed by atoms with Crippen molar-refractivity contribution in [2.75, 3.05) is 0 Å². The first-order valence-electron chi connectivity index (χ1n) is 8.09. The Labute approximate surface area is 152 Å². The zero-order chi connectivity index (χ0) is 17.5. The second-order valence-electron chi connectivity index (χ2n) is 5.66. The number of thioether (sulfide) groups is 1. The molecule has 2 aromatic carbocycles. The van der Waals surface area contributed by atoms with Crippen molar-refractivity contribution in [1.82, 2.24) is 14.9 Å². The molecule has 4 nitrogen and oxygen atoms in total. The van der Waals surface area contributed by atoms with Crippen molar-refractivity contribution in [3.63, 3.8) is 0 Å². The van der Waals surface area contributed by atoms with Crippen molar-refractivity contribution in [3.05, 3.63) is 83.2 Å². The molecule has 0 bridgehead atoms. The molecule has 5 heteroatoms. The maximum Gasteiger partial charge on any atom is 0.212 e. The fraction of sp³-hybridized carbons (Fsp3) is 0.150. The summed E-state index contributed by atoms with van der Waals surface area (Å²) in [6.45, 7) is 3.94. The van der Waals surface area contributed by atoms with Gasteiger partial charge in [0.05, 0.1) is 6.21 Å². The predicted octanol–water partition coefficient (Wildman–Crippen LogP) is 4.82. The largest absolute Gasteiger partial charge is 0.212 e. The lowest BCUT2D eigenvalue weighted by Gasteiger charge is -2.02. The van der Waals surface area contributed by atoms with Gasteiger partial charge in [-0.25, -0.2) is 0 Å². The van der Waals surface area contributed by atoms with Gasteiger partial charge in [0.1, 0.15) is 0 Å². The molecule has 0 unspecified atom stereocenters. The molecule has 0 aliphatic carbocycles. The van der Waals surface area contributed by atoms with E-state index in [1.165, 1.54) is 5.56 Å². The molecule has 1 aromatic heterocycles. The molecule has 0 fully saturated rings. The van der Waals surface area contributed by atoms with E-state index in [1.54, 1.807) is 16.4 Å². The van der Waals surface area contributed by atoms with Crippen LogP contribution in [-0.2, 0) is 5.75 Å². The minimum Gasteiger partial charge on any atom is -0.192 e. The SMILES string of the molecule is CC(=C/c1ccccc1)/C=N/n1c(C)nnc1SCc1ccccc1. The Balaban J connectivity index is 1.72. The maximum absolute atomic E-state index is 4.55. The Hall–Kier alpha value is -2.66. The molecule has 0 aliphatic heterocycles. The van der Waals surface area contributed by atoms with Gasteiger partial charge in [-0.2, -0.15) is 9.78 Å². The highest BCUT2D eigenvalue weighted by atomic mass is 32.2. The fourth-order valence-electron chi connectivity index (χ4n) is 2.28. The summed E-state index contributed by atoms with van der Waals surface area (Å²) >= 11 is 1.63. The van der Waals surface area contributed by atoms with Crippen molar-refractivity contribution >= 4 is 24.1 Å². The molecule has 126 valence electrons. The van der Waals surface area contributed by atoms with Gasteiger partial charge in [0.15, 0.2) is 5.82 Å². The van der Waals surface area contributed by atoms with Crippen molar-refractivity contribution in [1.29, 1.82) is 0 Å². The van der Waals surface area contributed by atoms with Crippen LogP contribution in [0.25, 0.3) is 6.08 Å². The molecule has 1 heterocycles. The Morgan fingerprint density at radius 3 is 2.44 bits per heavy atom. The topological polar surface area (TPSA) is 43.1 Å². The summed E-state index contributed by atoms with van der Waals surface area (Å²) in [4.78, 5) is 0. The average Bonchev–Trinajstić information content (AvgIpc) is 3.00. The van der Waals surface area contributed by atoms with Crippen LogP contribution in [0.4, 0.5) is 0 Å². The molecule has 0 saturated carbocycles. The quantitative estimate of drug-likeness (QED) is 0.474. The molecule has 0 aliphatic rings. The van der Waals surface area contributed by atoms with Gasteiger partial charge >= 0.3 is 0 Å². The molecule has 0 amide bonds. The molecule has 3 rings (SSSR count). The van der Waals surface area contributed by atoms with E-state index in [4.69, 9.17) is 0 Å². The summed E-state index contributed by atoms with van der Waals surface area (Å²) in [7, 11) is 0. The molecule has 0 spiro atoms. The highest BCUT2D eigenvalue weighted by molar-refractivity contribution is 7.98. The van der Waals surface area contributed by atoms with Crippen LogP contribution >= 0.6 is 11.8 Å². The summed E-state index contributed by atoms with van der Waals surface area (Å²) in [5.74, 6) is 1.62. The highest BCUT2D eigenvalue weighted by Gasteiger charge is 2.08. The Bertz CT molecular complexity index is 867. The summed E-state index contributed by atoms with van der Waals surface area (Å²) in [6, 6.07) is 20.5. The molecule has 0 atom stereocenters. The van der Waals surface area contributed by atoms with Gasteiger partial charge in [0.2, 0.25) is 5.16 Å². The van der Waals surface area contributed by atoms with E-state index < -0.39 is 0 Å². The Morgan fingerprint density at radius 1 is 1.04 bits per heavy atom. The molecule has 3 aromatic rings. The lowest BCUT2D eigenvalue weighted by atomic mass is 10.1. The van der Waals surface area contributed by atoms with Gasteiger partial charge in [-0.1, -0.05) is 78.5 Å². The minimum atomic E-state index is 0.777. The van der Waals surface area contributed by atoms with Gasteiger partial charge in [0.25, 0.3) is 0 Å². The number of allylic oxidation sites excluding steroid dienone is 1. The first kappa shape index (κ1) is 17.2.